The molecule has 0 aromatic heterocycles. The molecule has 0 radical (unpaired) electrons. The monoisotopic (exact) mass is 287 g/mol. The molecule has 2 N–H and O–H groups in total. The van der Waals surface area contributed by atoms with Gasteiger partial charge in [-0.2, -0.15) is 0 Å². The van der Waals surface area contributed by atoms with Crippen molar-refractivity contribution in [1.29, 1.82) is 0 Å². The molecule has 0 bridgehead atoms. The van der Waals surface area contributed by atoms with E-state index in [2.05, 4.69) is 41.0 Å². The lowest BCUT2D eigenvalue weighted by atomic mass is 9.83. The Labute approximate surface area is 129 Å². The molecule has 1 aromatic rings. The molecule has 116 valence electrons. The Kier molecular flexibility index (Phi) is 4.81. The van der Waals surface area contributed by atoms with Crippen molar-refractivity contribution in [3.05, 3.63) is 29.8 Å². The van der Waals surface area contributed by atoms with Crippen molar-refractivity contribution in [3.8, 4) is 0 Å². The fraction of sp³-hybridized carbons (Fsp3) is 0.667. The molecule has 2 fully saturated rings. The van der Waals surface area contributed by atoms with Crippen molar-refractivity contribution in [2.75, 3.05) is 37.6 Å². The first-order valence-electron chi connectivity index (χ1n) is 8.53. The zero-order chi connectivity index (χ0) is 14.7. The number of aryl methyl sites for hydroxylation is 1. The molecular formula is C18H29N3. The van der Waals surface area contributed by atoms with Gasteiger partial charge in [0.1, 0.15) is 0 Å². The van der Waals surface area contributed by atoms with Crippen LogP contribution in [0.1, 0.15) is 31.2 Å². The molecule has 2 unspecified atom stereocenters. The molecule has 21 heavy (non-hydrogen) atoms. The van der Waals surface area contributed by atoms with Crippen LogP contribution in [-0.4, -0.2) is 43.7 Å². The SMILES string of the molecule is Cc1cccc(N2CCN(C3CCCCC3CN)CC2)c1. The molecule has 1 aliphatic carbocycles. The maximum atomic E-state index is 6.00. The third-order valence-corrected chi connectivity index (χ3v) is 5.32. The number of nitrogens with zero attached hydrogens (tertiary/aromatic N) is 2. The Morgan fingerprint density at radius 1 is 1.10 bits per heavy atom. The minimum Gasteiger partial charge on any atom is -0.369 e. The van der Waals surface area contributed by atoms with Crippen LogP contribution >= 0.6 is 0 Å². The fourth-order valence-electron chi connectivity index (χ4n) is 4.08. The molecule has 2 aliphatic rings. The summed E-state index contributed by atoms with van der Waals surface area (Å²) in [7, 11) is 0. The summed E-state index contributed by atoms with van der Waals surface area (Å²) in [6.07, 6.45) is 5.45. The summed E-state index contributed by atoms with van der Waals surface area (Å²) in [5, 5.41) is 0. The fourth-order valence-corrected chi connectivity index (χ4v) is 4.08. The topological polar surface area (TPSA) is 32.5 Å². The first kappa shape index (κ1) is 14.9. The van der Waals surface area contributed by atoms with Crippen molar-refractivity contribution in [3.63, 3.8) is 0 Å². The summed E-state index contributed by atoms with van der Waals surface area (Å²) < 4.78 is 0. The zero-order valence-corrected chi connectivity index (χ0v) is 13.3. The second-order valence-electron chi connectivity index (χ2n) is 6.71. The zero-order valence-electron chi connectivity index (χ0n) is 13.3. The highest BCUT2D eigenvalue weighted by Gasteiger charge is 2.31. The summed E-state index contributed by atoms with van der Waals surface area (Å²) in [5.41, 5.74) is 8.73. The van der Waals surface area contributed by atoms with Gasteiger partial charge in [0, 0.05) is 37.9 Å². The highest BCUT2D eigenvalue weighted by atomic mass is 15.3. The van der Waals surface area contributed by atoms with E-state index in [0.717, 1.165) is 31.6 Å². The molecule has 3 nitrogen and oxygen atoms in total. The minimum absolute atomic E-state index is 0.726. The van der Waals surface area contributed by atoms with Crippen LogP contribution in [-0.2, 0) is 0 Å². The number of benzene rings is 1. The van der Waals surface area contributed by atoms with Gasteiger partial charge in [0.25, 0.3) is 0 Å². The van der Waals surface area contributed by atoms with Crippen molar-refractivity contribution in [2.24, 2.45) is 11.7 Å². The van der Waals surface area contributed by atoms with Crippen molar-refractivity contribution >= 4 is 5.69 Å². The van der Waals surface area contributed by atoms with Gasteiger partial charge in [0.05, 0.1) is 0 Å². The molecule has 1 aliphatic heterocycles. The van der Waals surface area contributed by atoms with Gasteiger partial charge in [0.15, 0.2) is 0 Å². The van der Waals surface area contributed by atoms with Crippen LogP contribution in [0.4, 0.5) is 5.69 Å². The number of piperazine rings is 1. The average molecular weight is 287 g/mol. The van der Waals surface area contributed by atoms with E-state index in [1.807, 2.05) is 0 Å². The van der Waals surface area contributed by atoms with E-state index < -0.39 is 0 Å². The summed E-state index contributed by atoms with van der Waals surface area (Å²) in [6, 6.07) is 9.63. The van der Waals surface area contributed by atoms with Crippen molar-refractivity contribution < 1.29 is 0 Å². The predicted molar refractivity (Wildman–Crippen MR) is 89.8 cm³/mol. The second-order valence-corrected chi connectivity index (χ2v) is 6.71. The van der Waals surface area contributed by atoms with E-state index in [4.69, 9.17) is 5.73 Å². The van der Waals surface area contributed by atoms with E-state index in [9.17, 15) is 0 Å². The van der Waals surface area contributed by atoms with E-state index in [0.29, 0.717) is 0 Å². The summed E-state index contributed by atoms with van der Waals surface area (Å²) >= 11 is 0. The lowest BCUT2D eigenvalue weighted by Crippen LogP contribution is -2.54. The van der Waals surface area contributed by atoms with Crippen LogP contribution in [0, 0.1) is 12.8 Å². The molecule has 1 saturated heterocycles. The van der Waals surface area contributed by atoms with Crippen LogP contribution in [0.3, 0.4) is 0 Å². The molecule has 1 heterocycles. The van der Waals surface area contributed by atoms with Crippen LogP contribution in [0.2, 0.25) is 0 Å². The number of hydrogen-bond acceptors (Lipinski definition) is 3. The van der Waals surface area contributed by atoms with E-state index in [-0.39, 0.29) is 0 Å². The van der Waals surface area contributed by atoms with Crippen molar-refractivity contribution in [1.82, 2.24) is 4.90 Å². The number of nitrogens with two attached hydrogens (primary N) is 1. The van der Waals surface area contributed by atoms with E-state index in [1.54, 1.807) is 0 Å². The largest absolute Gasteiger partial charge is 0.369 e. The maximum absolute atomic E-state index is 6.00. The highest BCUT2D eigenvalue weighted by molar-refractivity contribution is 5.48. The van der Waals surface area contributed by atoms with Crippen molar-refractivity contribution in [2.45, 2.75) is 38.6 Å². The molecule has 1 saturated carbocycles. The third kappa shape index (κ3) is 3.41. The van der Waals surface area contributed by atoms with E-state index >= 15 is 0 Å². The average Bonchev–Trinajstić information content (AvgIpc) is 2.55. The molecule has 3 rings (SSSR count). The van der Waals surface area contributed by atoms with Gasteiger partial charge < -0.3 is 10.6 Å². The van der Waals surface area contributed by atoms with Gasteiger partial charge in [-0.3, -0.25) is 4.90 Å². The van der Waals surface area contributed by atoms with Crippen LogP contribution in [0.5, 0.6) is 0 Å². The lowest BCUT2D eigenvalue weighted by Gasteiger charge is -2.44. The third-order valence-electron chi connectivity index (χ3n) is 5.32. The number of rotatable bonds is 3. The van der Waals surface area contributed by atoms with Gasteiger partial charge in [-0.25, -0.2) is 0 Å². The lowest BCUT2D eigenvalue weighted by molar-refractivity contribution is 0.101. The Hall–Kier alpha value is -1.06. The number of hydrogen-bond donors (Lipinski definition) is 1. The highest BCUT2D eigenvalue weighted by Crippen LogP contribution is 2.29. The normalized spacial score (nSPS) is 27.8. The molecule has 3 heteroatoms. The summed E-state index contributed by atoms with van der Waals surface area (Å²) in [6.45, 7) is 7.72. The van der Waals surface area contributed by atoms with Crippen LogP contribution in [0.15, 0.2) is 24.3 Å². The Morgan fingerprint density at radius 2 is 1.86 bits per heavy atom. The molecule has 0 amide bonds. The second kappa shape index (κ2) is 6.80. The Bertz CT molecular complexity index is 452. The van der Waals surface area contributed by atoms with Crippen LogP contribution in [0.25, 0.3) is 0 Å². The first-order valence-corrected chi connectivity index (χ1v) is 8.53. The van der Waals surface area contributed by atoms with E-state index in [1.165, 1.54) is 50.0 Å². The standard InChI is InChI=1S/C18H29N3/c1-15-5-4-7-17(13-15)20-9-11-21(12-10-20)18-8-3-2-6-16(18)14-19/h4-5,7,13,16,18H,2-3,6,8-12,14,19H2,1H3. The molecular weight excluding hydrogens is 258 g/mol. The minimum atomic E-state index is 0.726. The molecule has 1 aromatic carbocycles. The summed E-state index contributed by atoms with van der Waals surface area (Å²) in [4.78, 5) is 5.24. The Balaban J connectivity index is 1.59. The smallest absolute Gasteiger partial charge is 0.0369 e. The maximum Gasteiger partial charge on any atom is 0.0369 e. The van der Waals surface area contributed by atoms with Gasteiger partial charge >= 0.3 is 0 Å². The molecule has 0 spiro atoms. The Morgan fingerprint density at radius 3 is 2.57 bits per heavy atom. The number of anilines is 1. The predicted octanol–water partition coefficient (Wildman–Crippen LogP) is 2.63. The molecule has 2 atom stereocenters. The first-order chi connectivity index (χ1) is 10.3. The summed E-state index contributed by atoms with van der Waals surface area (Å²) in [5.74, 6) is 0.726. The van der Waals surface area contributed by atoms with Gasteiger partial charge in [-0.15, -0.1) is 0 Å². The van der Waals surface area contributed by atoms with Gasteiger partial charge in [0.2, 0.25) is 0 Å². The van der Waals surface area contributed by atoms with Gasteiger partial charge in [-0.1, -0.05) is 25.0 Å². The van der Waals surface area contributed by atoms with Gasteiger partial charge in [-0.05, 0) is 49.9 Å². The van der Waals surface area contributed by atoms with Crippen LogP contribution < -0.4 is 10.6 Å². The quantitative estimate of drug-likeness (QED) is 0.927.